The van der Waals surface area contributed by atoms with Crippen LogP contribution in [0.3, 0.4) is 0 Å². The Balaban J connectivity index is 0.00000144. The Kier molecular flexibility index (Phi) is 4.35. The third-order valence-electron chi connectivity index (χ3n) is 7.58. The topological polar surface area (TPSA) is 20.2 Å². The summed E-state index contributed by atoms with van der Waals surface area (Å²) in [7, 11) is 0. The summed E-state index contributed by atoms with van der Waals surface area (Å²) >= 11 is 0. The zero-order valence-electron chi connectivity index (χ0n) is 14.4. The van der Waals surface area contributed by atoms with Gasteiger partial charge in [-0.1, -0.05) is 44.2 Å². The quantitative estimate of drug-likeness (QED) is 0.663. The van der Waals surface area contributed by atoms with Gasteiger partial charge >= 0.3 is 0 Å². The monoisotopic (exact) mass is 307 g/mol. The largest absolute Gasteiger partial charge is 0.393 e. The molecule has 2 fully saturated rings. The van der Waals surface area contributed by atoms with Crippen LogP contribution in [0.4, 0.5) is 0 Å². The molecule has 4 aliphatic rings. The average molecular weight is 307 g/mol. The molecule has 1 N–H and O–H groups in total. The van der Waals surface area contributed by atoms with Crippen molar-refractivity contribution in [2.45, 2.75) is 58.5 Å². The second-order valence-corrected chi connectivity index (χ2v) is 8.46. The molecule has 2 heteroatoms. The van der Waals surface area contributed by atoms with Gasteiger partial charge in [0.15, 0.2) is 0 Å². The number of allylic oxidation sites excluding steroid dienone is 5. The van der Waals surface area contributed by atoms with E-state index in [1.165, 1.54) is 36.8 Å². The maximum absolute atomic E-state index is 10.5. The van der Waals surface area contributed by atoms with E-state index in [1.54, 1.807) is 0 Å². The van der Waals surface area contributed by atoms with Crippen molar-refractivity contribution in [3.05, 3.63) is 36.0 Å². The van der Waals surface area contributed by atoms with Crippen LogP contribution < -0.4 is 0 Å². The first-order valence-electron chi connectivity index (χ1n) is 8.71. The number of hydrogen-bond acceptors (Lipinski definition) is 1. The van der Waals surface area contributed by atoms with Crippen molar-refractivity contribution in [2.24, 2.45) is 28.6 Å². The van der Waals surface area contributed by atoms with Gasteiger partial charge in [0, 0.05) is 29.6 Å². The summed E-state index contributed by atoms with van der Waals surface area (Å²) in [6, 6.07) is 0. The molecular weight excluding hydrogens is 279 g/mol. The van der Waals surface area contributed by atoms with Crippen LogP contribution in [0.5, 0.6) is 0 Å². The van der Waals surface area contributed by atoms with Gasteiger partial charge in [0.05, 0.1) is 6.10 Å². The minimum Gasteiger partial charge on any atom is -0.393 e. The van der Waals surface area contributed by atoms with Crippen LogP contribution in [0.15, 0.2) is 36.0 Å². The SMILES string of the molecule is C=C1C=C2C=C[C@H]3[C@@H]4CC[C@H](O)[C@@]4(C)CC[C@@H]3[C@@]2(C)CC1.[Na]. The molecule has 0 bridgehead atoms. The van der Waals surface area contributed by atoms with E-state index in [-0.39, 0.29) is 41.1 Å². The van der Waals surface area contributed by atoms with Gasteiger partial charge in [-0.25, -0.2) is 0 Å². The first-order chi connectivity index (χ1) is 9.95. The molecule has 1 radical (unpaired) electrons. The van der Waals surface area contributed by atoms with Crippen LogP contribution in [-0.4, -0.2) is 40.8 Å². The number of aliphatic hydroxyl groups excluding tert-OH is 1. The zero-order valence-corrected chi connectivity index (χ0v) is 16.4. The third kappa shape index (κ3) is 2.19. The molecule has 0 amide bonds. The number of fused-ring (bicyclic) bond motifs is 5. The van der Waals surface area contributed by atoms with Crippen molar-refractivity contribution in [1.82, 2.24) is 0 Å². The molecule has 4 rings (SSSR count). The van der Waals surface area contributed by atoms with Crippen molar-refractivity contribution < 1.29 is 5.11 Å². The molecule has 0 aromatic carbocycles. The summed E-state index contributed by atoms with van der Waals surface area (Å²) in [5.41, 5.74) is 3.32. The van der Waals surface area contributed by atoms with Gasteiger partial charge < -0.3 is 5.11 Å². The van der Waals surface area contributed by atoms with E-state index >= 15 is 0 Å². The predicted molar refractivity (Wildman–Crippen MR) is 92.5 cm³/mol. The second-order valence-electron chi connectivity index (χ2n) is 8.46. The minimum absolute atomic E-state index is 0. The molecule has 0 saturated heterocycles. The second kappa shape index (κ2) is 5.62. The maximum atomic E-state index is 10.5. The summed E-state index contributed by atoms with van der Waals surface area (Å²) in [5, 5.41) is 10.5. The van der Waals surface area contributed by atoms with Crippen LogP contribution in [-0.2, 0) is 0 Å². The van der Waals surface area contributed by atoms with E-state index in [4.69, 9.17) is 0 Å². The zero-order chi connectivity index (χ0) is 14.8. The van der Waals surface area contributed by atoms with Crippen molar-refractivity contribution in [2.75, 3.05) is 0 Å². The fraction of sp³-hybridized carbons (Fsp3) is 0.700. The van der Waals surface area contributed by atoms with Crippen LogP contribution in [0.2, 0.25) is 0 Å². The van der Waals surface area contributed by atoms with Crippen molar-refractivity contribution >= 4 is 29.6 Å². The van der Waals surface area contributed by atoms with E-state index in [0.29, 0.717) is 17.3 Å². The van der Waals surface area contributed by atoms with E-state index in [1.807, 2.05) is 0 Å². The number of aliphatic hydroxyl groups is 1. The van der Waals surface area contributed by atoms with E-state index in [2.05, 4.69) is 38.7 Å². The Morgan fingerprint density at radius 1 is 1.14 bits per heavy atom. The van der Waals surface area contributed by atoms with Crippen LogP contribution >= 0.6 is 0 Å². The molecule has 4 aliphatic carbocycles. The summed E-state index contributed by atoms with van der Waals surface area (Å²) in [4.78, 5) is 0. The third-order valence-corrected chi connectivity index (χ3v) is 7.58. The van der Waals surface area contributed by atoms with Crippen LogP contribution in [0, 0.1) is 28.6 Å². The molecule has 0 aromatic rings. The molecule has 115 valence electrons. The first kappa shape index (κ1) is 17.0. The molecule has 0 aliphatic heterocycles. The Morgan fingerprint density at radius 2 is 1.91 bits per heavy atom. The van der Waals surface area contributed by atoms with Gasteiger partial charge in [0.2, 0.25) is 0 Å². The van der Waals surface area contributed by atoms with E-state index < -0.39 is 0 Å². The molecule has 0 unspecified atom stereocenters. The summed E-state index contributed by atoms with van der Waals surface area (Å²) in [5.74, 6) is 2.13. The van der Waals surface area contributed by atoms with Gasteiger partial charge in [-0.3, -0.25) is 0 Å². The summed E-state index contributed by atoms with van der Waals surface area (Å²) < 4.78 is 0. The molecule has 6 atom stereocenters. The van der Waals surface area contributed by atoms with E-state index in [0.717, 1.165) is 18.8 Å². The van der Waals surface area contributed by atoms with E-state index in [9.17, 15) is 5.11 Å². The molecule has 22 heavy (non-hydrogen) atoms. The maximum Gasteiger partial charge on any atom is 0.0596 e. The van der Waals surface area contributed by atoms with Crippen LogP contribution in [0.25, 0.3) is 0 Å². The van der Waals surface area contributed by atoms with Gasteiger partial charge in [0.1, 0.15) is 0 Å². The molecule has 0 spiro atoms. The Bertz CT molecular complexity index is 548. The van der Waals surface area contributed by atoms with Crippen molar-refractivity contribution in [1.29, 1.82) is 0 Å². The van der Waals surface area contributed by atoms with Gasteiger partial charge in [-0.15, -0.1) is 0 Å². The number of hydrogen-bond donors (Lipinski definition) is 1. The van der Waals surface area contributed by atoms with Gasteiger partial charge in [-0.2, -0.15) is 0 Å². The fourth-order valence-electron chi connectivity index (χ4n) is 6.05. The van der Waals surface area contributed by atoms with Crippen molar-refractivity contribution in [3.8, 4) is 0 Å². The van der Waals surface area contributed by atoms with Crippen LogP contribution in [0.1, 0.15) is 52.4 Å². The van der Waals surface area contributed by atoms with Gasteiger partial charge in [-0.05, 0) is 72.7 Å². The number of rotatable bonds is 0. The molecule has 0 heterocycles. The Labute approximate surface area is 157 Å². The average Bonchev–Trinajstić information content (AvgIpc) is 2.76. The summed E-state index contributed by atoms with van der Waals surface area (Å²) in [6.07, 6.45) is 14.3. The standard InChI is InChI=1S/C20H28O.Na/c1-13-8-10-19(2)14(12-13)4-5-15-16-6-7-18(21)20(16,3)11-9-17(15)19;/h4-5,12,15-18,21H,1,6-11H2,2-3H3;/t15-,16-,17-,18-,19-,20-;/m0./s1. The molecule has 2 saturated carbocycles. The first-order valence-corrected chi connectivity index (χ1v) is 8.71. The summed E-state index contributed by atoms with van der Waals surface area (Å²) in [6.45, 7) is 9.00. The predicted octanol–water partition coefficient (Wildman–Crippen LogP) is 4.26. The smallest absolute Gasteiger partial charge is 0.0596 e. The normalized spacial score (nSPS) is 49.6. The Morgan fingerprint density at radius 3 is 2.68 bits per heavy atom. The fourth-order valence-corrected chi connectivity index (χ4v) is 6.05. The minimum atomic E-state index is -0.0762. The Hall–Kier alpha value is 0.180. The molecule has 0 aromatic heterocycles. The van der Waals surface area contributed by atoms with Gasteiger partial charge in [0.25, 0.3) is 0 Å². The molecule has 1 nitrogen and oxygen atoms in total. The van der Waals surface area contributed by atoms with Crippen molar-refractivity contribution in [3.63, 3.8) is 0 Å². The molecular formula is C20H28NaO.